The number of benzene rings is 2. The number of hydrogen-bond donors (Lipinski definition) is 2. The van der Waals surface area contributed by atoms with E-state index in [1.165, 1.54) is 6.92 Å². The van der Waals surface area contributed by atoms with E-state index in [-0.39, 0.29) is 11.9 Å². The molecule has 0 aliphatic carbocycles. The van der Waals surface area contributed by atoms with Gasteiger partial charge >= 0.3 is 5.97 Å². The Balaban J connectivity index is 2.03. The van der Waals surface area contributed by atoms with Crippen molar-refractivity contribution in [1.29, 1.82) is 0 Å². The molecule has 1 aromatic heterocycles. The van der Waals surface area contributed by atoms with E-state index >= 15 is 0 Å². The molecule has 144 valence electrons. The van der Waals surface area contributed by atoms with Gasteiger partial charge in [0.15, 0.2) is 0 Å². The molecule has 5 nitrogen and oxygen atoms in total. The van der Waals surface area contributed by atoms with E-state index in [4.69, 9.17) is 4.74 Å². The average molecular weight is 394 g/mol. The largest absolute Gasteiger partial charge is 0.462 e. The van der Waals surface area contributed by atoms with Gasteiger partial charge in [0, 0.05) is 23.2 Å². The monoisotopic (exact) mass is 394 g/mol. The van der Waals surface area contributed by atoms with Crippen molar-refractivity contribution in [2.75, 3.05) is 18.2 Å². The van der Waals surface area contributed by atoms with Crippen LogP contribution in [0.4, 0.5) is 5.69 Å². The molecule has 28 heavy (non-hydrogen) atoms. The predicted octanol–water partition coefficient (Wildman–Crippen LogP) is 5.21. The summed E-state index contributed by atoms with van der Waals surface area (Å²) in [5.41, 5.74) is 4.60. The lowest BCUT2D eigenvalue weighted by Gasteiger charge is -2.06. The van der Waals surface area contributed by atoms with Crippen molar-refractivity contribution in [1.82, 2.24) is 4.98 Å². The number of amides is 1. The number of aromatic amines is 1. The van der Waals surface area contributed by atoms with Gasteiger partial charge in [-0.3, -0.25) is 4.79 Å². The molecule has 2 aromatic carbocycles. The predicted molar refractivity (Wildman–Crippen MR) is 114 cm³/mol. The minimum absolute atomic E-state index is 0.117. The van der Waals surface area contributed by atoms with Gasteiger partial charge in [0.2, 0.25) is 5.91 Å². The number of anilines is 1. The smallest absolute Gasteiger partial charge is 0.340 e. The van der Waals surface area contributed by atoms with Crippen LogP contribution in [0.2, 0.25) is 0 Å². The summed E-state index contributed by atoms with van der Waals surface area (Å²) in [6, 6.07) is 17.3. The molecule has 0 spiro atoms. The van der Waals surface area contributed by atoms with Gasteiger partial charge in [-0.05, 0) is 54.6 Å². The lowest BCUT2D eigenvalue weighted by molar-refractivity contribution is -0.114. The molecular formula is C22H22N2O3S. The Morgan fingerprint density at radius 1 is 1.07 bits per heavy atom. The fraction of sp³-hybridized carbons (Fsp3) is 0.182. The molecule has 3 rings (SSSR count). The Morgan fingerprint density at radius 3 is 2.46 bits per heavy atom. The highest BCUT2D eigenvalue weighted by molar-refractivity contribution is 7.98. The zero-order valence-corrected chi connectivity index (χ0v) is 16.9. The van der Waals surface area contributed by atoms with Crippen LogP contribution in [0.15, 0.2) is 59.5 Å². The van der Waals surface area contributed by atoms with Crippen LogP contribution in [-0.4, -0.2) is 29.7 Å². The first-order valence-corrected chi connectivity index (χ1v) is 10.2. The quantitative estimate of drug-likeness (QED) is 0.445. The fourth-order valence-electron chi connectivity index (χ4n) is 2.92. The zero-order valence-electron chi connectivity index (χ0n) is 16.0. The van der Waals surface area contributed by atoms with Crippen LogP contribution in [0.25, 0.3) is 22.5 Å². The number of ether oxygens (including phenoxy) is 1. The fourth-order valence-corrected chi connectivity index (χ4v) is 3.38. The van der Waals surface area contributed by atoms with Crippen molar-refractivity contribution in [2.24, 2.45) is 0 Å². The maximum Gasteiger partial charge on any atom is 0.340 e. The molecule has 0 aliphatic heterocycles. The summed E-state index contributed by atoms with van der Waals surface area (Å²) in [7, 11) is 0. The lowest BCUT2D eigenvalue weighted by Crippen LogP contribution is -2.05. The minimum Gasteiger partial charge on any atom is -0.462 e. The summed E-state index contributed by atoms with van der Waals surface area (Å²) in [5, 5.41) is 2.75. The number of aromatic nitrogens is 1. The number of esters is 1. The summed E-state index contributed by atoms with van der Waals surface area (Å²) in [4.78, 5) is 28.2. The number of hydrogen-bond acceptors (Lipinski definition) is 4. The Hall–Kier alpha value is -2.99. The van der Waals surface area contributed by atoms with Crippen LogP contribution in [0, 0.1) is 0 Å². The number of carbonyl (C=O) groups is 2. The molecule has 0 radical (unpaired) electrons. The van der Waals surface area contributed by atoms with Gasteiger partial charge in [-0.25, -0.2) is 4.79 Å². The van der Waals surface area contributed by atoms with E-state index in [1.54, 1.807) is 18.7 Å². The second kappa shape index (κ2) is 8.80. The highest BCUT2D eigenvalue weighted by Crippen LogP contribution is 2.32. The van der Waals surface area contributed by atoms with Crippen molar-refractivity contribution >= 4 is 29.3 Å². The Kier molecular flexibility index (Phi) is 6.21. The summed E-state index contributed by atoms with van der Waals surface area (Å²) in [5.74, 6) is -0.474. The van der Waals surface area contributed by atoms with Crippen LogP contribution in [0.1, 0.15) is 24.2 Å². The second-order valence-corrected chi connectivity index (χ2v) is 7.06. The molecule has 1 amide bonds. The van der Waals surface area contributed by atoms with E-state index < -0.39 is 0 Å². The maximum absolute atomic E-state index is 12.5. The van der Waals surface area contributed by atoms with Gasteiger partial charge in [-0.1, -0.05) is 24.3 Å². The molecule has 0 atom stereocenters. The third-order valence-electron chi connectivity index (χ3n) is 4.19. The highest BCUT2D eigenvalue weighted by atomic mass is 32.2. The Morgan fingerprint density at radius 2 is 1.82 bits per heavy atom. The highest BCUT2D eigenvalue weighted by Gasteiger charge is 2.19. The number of H-pyrrole nitrogens is 1. The molecule has 0 bridgehead atoms. The maximum atomic E-state index is 12.5. The molecule has 0 saturated carbocycles. The van der Waals surface area contributed by atoms with Gasteiger partial charge in [0.1, 0.15) is 0 Å². The summed E-state index contributed by atoms with van der Waals surface area (Å²) < 4.78 is 5.25. The standard InChI is InChI=1S/C22H22N2O3S/c1-4-27-22(26)19-13-20(15-8-10-17(11-9-15)23-14(2)25)24-21(19)16-6-5-7-18(12-16)28-3/h5-13,24H,4H2,1-3H3,(H,23,25). The zero-order chi connectivity index (χ0) is 20.1. The van der Waals surface area contributed by atoms with E-state index in [9.17, 15) is 9.59 Å². The first kappa shape index (κ1) is 19.8. The topological polar surface area (TPSA) is 71.2 Å². The van der Waals surface area contributed by atoms with Gasteiger partial charge in [-0.15, -0.1) is 11.8 Å². The van der Waals surface area contributed by atoms with Crippen LogP contribution < -0.4 is 5.32 Å². The number of rotatable bonds is 6. The molecule has 6 heteroatoms. The van der Waals surface area contributed by atoms with Crippen LogP contribution in [-0.2, 0) is 9.53 Å². The number of thioether (sulfide) groups is 1. The molecule has 0 aliphatic rings. The summed E-state index contributed by atoms with van der Waals surface area (Å²) >= 11 is 1.65. The summed E-state index contributed by atoms with van der Waals surface area (Å²) in [6.07, 6.45) is 2.02. The normalized spacial score (nSPS) is 10.5. The van der Waals surface area contributed by atoms with Crippen molar-refractivity contribution in [3.8, 4) is 22.5 Å². The Bertz CT molecular complexity index is 993. The first-order valence-electron chi connectivity index (χ1n) is 8.94. The molecule has 0 unspecified atom stereocenters. The van der Waals surface area contributed by atoms with Crippen molar-refractivity contribution in [2.45, 2.75) is 18.7 Å². The molecule has 0 fully saturated rings. The first-order chi connectivity index (χ1) is 13.5. The average Bonchev–Trinajstić information content (AvgIpc) is 3.14. The molecule has 1 heterocycles. The van der Waals surface area contributed by atoms with E-state index in [1.807, 2.05) is 60.9 Å². The number of nitrogens with one attached hydrogen (secondary N) is 2. The summed E-state index contributed by atoms with van der Waals surface area (Å²) in [6.45, 7) is 3.58. The van der Waals surface area contributed by atoms with Crippen molar-refractivity contribution in [3.05, 3.63) is 60.2 Å². The van der Waals surface area contributed by atoms with Gasteiger partial charge in [-0.2, -0.15) is 0 Å². The van der Waals surface area contributed by atoms with Crippen molar-refractivity contribution < 1.29 is 14.3 Å². The number of carbonyl (C=O) groups excluding carboxylic acids is 2. The second-order valence-electron chi connectivity index (χ2n) is 6.18. The van der Waals surface area contributed by atoms with E-state index in [0.717, 1.165) is 33.1 Å². The van der Waals surface area contributed by atoms with E-state index in [0.29, 0.717) is 12.2 Å². The van der Waals surface area contributed by atoms with Crippen LogP contribution in [0.3, 0.4) is 0 Å². The minimum atomic E-state index is -0.357. The van der Waals surface area contributed by atoms with E-state index in [2.05, 4.69) is 10.3 Å². The van der Waals surface area contributed by atoms with Crippen LogP contribution >= 0.6 is 11.8 Å². The van der Waals surface area contributed by atoms with Crippen molar-refractivity contribution in [3.63, 3.8) is 0 Å². The van der Waals surface area contributed by atoms with Gasteiger partial charge in [0.05, 0.1) is 17.9 Å². The lowest BCUT2D eigenvalue weighted by atomic mass is 10.1. The molecule has 0 saturated heterocycles. The molecular weight excluding hydrogens is 372 g/mol. The molecule has 2 N–H and O–H groups in total. The Labute approximate surface area is 168 Å². The third kappa shape index (κ3) is 4.46. The SMILES string of the molecule is CCOC(=O)c1cc(-c2ccc(NC(C)=O)cc2)[nH]c1-c1cccc(SC)c1. The third-order valence-corrected chi connectivity index (χ3v) is 4.91. The van der Waals surface area contributed by atoms with Crippen LogP contribution in [0.5, 0.6) is 0 Å². The molecule has 3 aromatic rings. The van der Waals surface area contributed by atoms with Gasteiger partial charge < -0.3 is 15.0 Å². The van der Waals surface area contributed by atoms with Gasteiger partial charge in [0.25, 0.3) is 0 Å².